The first-order chi connectivity index (χ1) is 17.4. The highest BCUT2D eigenvalue weighted by atomic mass is 19.3. The summed E-state index contributed by atoms with van der Waals surface area (Å²) in [6, 6.07) is 10.4. The van der Waals surface area contributed by atoms with Gasteiger partial charge in [0.25, 0.3) is 12.3 Å². The van der Waals surface area contributed by atoms with Crippen LogP contribution in [0.3, 0.4) is 0 Å². The van der Waals surface area contributed by atoms with Crippen LogP contribution in [0.25, 0.3) is 0 Å². The smallest absolute Gasteiger partial charge is 0.447 e. The Balaban J connectivity index is 2.05. The summed E-state index contributed by atoms with van der Waals surface area (Å²) in [4.78, 5) is 28.5. The van der Waals surface area contributed by atoms with E-state index in [2.05, 4.69) is 5.32 Å². The number of nitrogens with zero attached hydrogens (tertiary/aromatic N) is 3. The molecule has 202 valence electrons. The van der Waals surface area contributed by atoms with Crippen molar-refractivity contribution in [1.29, 1.82) is 5.26 Å². The zero-order chi connectivity index (χ0) is 27.6. The van der Waals surface area contributed by atoms with E-state index < -0.39 is 49.6 Å². The number of likely N-dealkylation sites (tertiary alicyclic amines) is 1. The Bertz CT molecular complexity index is 972. The summed E-state index contributed by atoms with van der Waals surface area (Å²) in [6.45, 7) is 2.97. The number of alkyl carbamates (subject to hydrolysis) is 1. The molecule has 1 aliphatic heterocycles. The summed E-state index contributed by atoms with van der Waals surface area (Å²) in [7, 11) is -0.317. The number of halogens is 2. The third kappa shape index (κ3) is 9.42. The SMILES string of the molecule is CN(CC(F)F)C(C)(C)C=C(C#N)C(=O)N1CCCCC1COC(=O)N[C@@H](Cc1ccccc1)B(O)O. The summed E-state index contributed by atoms with van der Waals surface area (Å²) in [5.41, 5.74) is -0.353. The van der Waals surface area contributed by atoms with E-state index in [9.17, 15) is 33.7 Å². The number of piperidine rings is 1. The first-order valence-electron chi connectivity index (χ1n) is 12.2. The van der Waals surface area contributed by atoms with E-state index in [1.807, 2.05) is 12.1 Å². The fourth-order valence-electron chi connectivity index (χ4n) is 4.11. The van der Waals surface area contributed by atoms with Crippen LogP contribution in [-0.4, -0.2) is 89.7 Å². The number of nitrogens with one attached hydrogen (secondary N) is 1. The fourth-order valence-corrected chi connectivity index (χ4v) is 4.11. The van der Waals surface area contributed by atoms with Crippen LogP contribution >= 0.6 is 0 Å². The highest BCUT2D eigenvalue weighted by molar-refractivity contribution is 6.43. The molecule has 2 rings (SSSR count). The quantitative estimate of drug-likeness (QED) is 0.232. The molecular weight excluding hydrogens is 485 g/mol. The zero-order valence-electron chi connectivity index (χ0n) is 21.4. The Morgan fingerprint density at radius 1 is 1.32 bits per heavy atom. The van der Waals surface area contributed by atoms with Gasteiger partial charge in [-0.2, -0.15) is 5.26 Å². The van der Waals surface area contributed by atoms with Crippen LogP contribution in [0.2, 0.25) is 0 Å². The summed E-state index contributed by atoms with van der Waals surface area (Å²) >= 11 is 0. The predicted octanol–water partition coefficient (Wildman–Crippen LogP) is 2.14. The maximum atomic E-state index is 13.2. The van der Waals surface area contributed by atoms with E-state index in [4.69, 9.17) is 4.74 Å². The molecule has 1 unspecified atom stereocenters. The maximum Gasteiger partial charge on any atom is 0.475 e. The van der Waals surface area contributed by atoms with Crippen molar-refractivity contribution in [2.75, 3.05) is 26.7 Å². The molecule has 1 fully saturated rings. The van der Waals surface area contributed by atoms with Gasteiger partial charge >= 0.3 is 13.2 Å². The van der Waals surface area contributed by atoms with Crippen LogP contribution in [0, 0.1) is 11.3 Å². The van der Waals surface area contributed by atoms with Gasteiger partial charge in [-0.1, -0.05) is 30.3 Å². The molecule has 1 aliphatic rings. The van der Waals surface area contributed by atoms with E-state index in [-0.39, 0.29) is 18.6 Å². The van der Waals surface area contributed by atoms with Gasteiger partial charge in [0.1, 0.15) is 18.2 Å². The number of likely N-dealkylation sites (N-methyl/N-ethyl adjacent to an activating group) is 1. The van der Waals surface area contributed by atoms with Crippen LogP contribution in [0.1, 0.15) is 38.7 Å². The Hall–Kier alpha value is -3.01. The Morgan fingerprint density at radius 3 is 2.59 bits per heavy atom. The number of ether oxygens (including phenoxy) is 1. The zero-order valence-corrected chi connectivity index (χ0v) is 21.4. The summed E-state index contributed by atoms with van der Waals surface area (Å²) < 4.78 is 31.0. The van der Waals surface area contributed by atoms with E-state index in [1.165, 1.54) is 22.9 Å². The van der Waals surface area contributed by atoms with E-state index in [0.717, 1.165) is 12.0 Å². The third-order valence-electron chi connectivity index (χ3n) is 6.50. The number of hydrogen-bond acceptors (Lipinski definition) is 7. The minimum absolute atomic E-state index is 0.148. The summed E-state index contributed by atoms with van der Waals surface area (Å²) in [6.07, 6.45) is 0.173. The van der Waals surface area contributed by atoms with Crippen LogP contribution in [0.4, 0.5) is 13.6 Å². The van der Waals surface area contributed by atoms with E-state index in [1.54, 1.807) is 38.1 Å². The lowest BCUT2D eigenvalue weighted by Gasteiger charge is -2.36. The number of carbonyl (C=O) groups is 2. The fraction of sp³-hybridized carbons (Fsp3) is 0.560. The average Bonchev–Trinajstić information content (AvgIpc) is 2.85. The van der Waals surface area contributed by atoms with Crippen molar-refractivity contribution in [1.82, 2.24) is 15.1 Å². The van der Waals surface area contributed by atoms with Gasteiger partial charge in [0.2, 0.25) is 0 Å². The topological polar surface area (TPSA) is 126 Å². The number of carbonyl (C=O) groups excluding carboxylic acids is 2. The minimum atomic E-state index is -2.56. The van der Waals surface area contributed by atoms with Gasteiger partial charge in [-0.25, -0.2) is 13.6 Å². The third-order valence-corrected chi connectivity index (χ3v) is 6.50. The molecule has 1 aromatic carbocycles. The number of nitriles is 1. The highest BCUT2D eigenvalue weighted by Crippen LogP contribution is 2.23. The molecule has 12 heteroatoms. The number of alkyl halides is 2. The molecule has 1 heterocycles. The van der Waals surface area contributed by atoms with Crippen molar-refractivity contribution < 1.29 is 33.2 Å². The second-order valence-electron chi connectivity index (χ2n) is 9.70. The van der Waals surface area contributed by atoms with Gasteiger partial charge in [0.05, 0.1) is 18.5 Å². The number of hydrogen-bond donors (Lipinski definition) is 3. The van der Waals surface area contributed by atoms with Gasteiger partial charge in [-0.3, -0.25) is 9.69 Å². The lowest BCUT2D eigenvalue weighted by Crippen LogP contribution is -2.50. The molecule has 0 bridgehead atoms. The standard InChI is InChI=1S/C25H35BF2N4O5/c1-25(2,31(3)16-22(27)28)14-19(15-29)23(33)32-12-8-7-11-20(32)17-37-24(34)30-21(26(35)36)13-18-9-5-4-6-10-18/h4-6,9-10,14,20-22,35-36H,7-8,11-13,16-17H2,1-3H3,(H,30,34)/t20?,21-/m0/s1. The maximum absolute atomic E-state index is 13.2. The largest absolute Gasteiger partial charge is 0.475 e. The number of benzene rings is 1. The molecule has 0 spiro atoms. The van der Waals surface area contributed by atoms with Crippen LogP contribution in [0.5, 0.6) is 0 Å². The molecule has 0 aliphatic carbocycles. The van der Waals surface area contributed by atoms with Crippen molar-refractivity contribution in [3.63, 3.8) is 0 Å². The second kappa shape index (κ2) is 14.1. The molecule has 0 aromatic heterocycles. The average molecular weight is 520 g/mol. The second-order valence-corrected chi connectivity index (χ2v) is 9.70. The molecular formula is C25H35BF2N4O5. The number of amides is 2. The first-order valence-corrected chi connectivity index (χ1v) is 12.2. The van der Waals surface area contributed by atoms with Crippen LogP contribution < -0.4 is 5.32 Å². The summed E-state index contributed by atoms with van der Waals surface area (Å²) in [5.74, 6) is -1.55. The molecule has 1 saturated heterocycles. The monoisotopic (exact) mass is 520 g/mol. The van der Waals surface area contributed by atoms with Crippen molar-refractivity contribution >= 4 is 19.1 Å². The summed E-state index contributed by atoms with van der Waals surface area (Å²) in [5, 5.41) is 31.4. The Morgan fingerprint density at radius 2 is 2.00 bits per heavy atom. The van der Waals surface area contributed by atoms with E-state index in [0.29, 0.717) is 19.4 Å². The van der Waals surface area contributed by atoms with Gasteiger partial charge < -0.3 is 25.0 Å². The molecule has 0 saturated carbocycles. The van der Waals surface area contributed by atoms with Gasteiger partial charge in [0, 0.05) is 12.1 Å². The van der Waals surface area contributed by atoms with Crippen molar-refractivity contribution in [3.8, 4) is 6.07 Å². The number of rotatable bonds is 11. The molecule has 0 radical (unpaired) electrons. The van der Waals surface area contributed by atoms with Crippen molar-refractivity contribution in [2.45, 2.75) is 63.5 Å². The molecule has 2 amide bonds. The predicted molar refractivity (Wildman–Crippen MR) is 134 cm³/mol. The Kier molecular flexibility index (Phi) is 11.5. The minimum Gasteiger partial charge on any atom is -0.447 e. The van der Waals surface area contributed by atoms with Crippen LogP contribution in [0.15, 0.2) is 42.0 Å². The molecule has 1 aromatic rings. The van der Waals surface area contributed by atoms with Gasteiger partial charge in [-0.15, -0.1) is 0 Å². The van der Waals surface area contributed by atoms with Gasteiger partial charge in [-0.05, 0) is 58.2 Å². The Labute approximate surface area is 216 Å². The van der Waals surface area contributed by atoms with E-state index >= 15 is 0 Å². The first kappa shape index (κ1) is 30.2. The van der Waals surface area contributed by atoms with Crippen molar-refractivity contribution in [2.24, 2.45) is 0 Å². The highest BCUT2D eigenvalue weighted by Gasteiger charge is 2.33. The van der Waals surface area contributed by atoms with Crippen molar-refractivity contribution in [3.05, 3.63) is 47.5 Å². The van der Waals surface area contributed by atoms with Gasteiger partial charge in [0.15, 0.2) is 0 Å². The molecule has 9 nitrogen and oxygen atoms in total. The molecule has 2 atom stereocenters. The van der Waals surface area contributed by atoms with Crippen LogP contribution in [-0.2, 0) is 16.0 Å². The normalized spacial score (nSPS) is 17.4. The lowest BCUT2D eigenvalue weighted by atomic mass is 9.76. The molecule has 37 heavy (non-hydrogen) atoms. The molecule has 3 N–H and O–H groups in total. The lowest BCUT2D eigenvalue weighted by molar-refractivity contribution is -0.131.